The third-order valence-corrected chi connectivity index (χ3v) is 4.50. The summed E-state index contributed by atoms with van der Waals surface area (Å²) >= 11 is 0. The second kappa shape index (κ2) is 9.12. The molecule has 1 unspecified atom stereocenters. The van der Waals surface area contributed by atoms with E-state index < -0.39 is 12.7 Å². The lowest BCUT2D eigenvalue weighted by atomic mass is 10.1. The van der Waals surface area contributed by atoms with Crippen molar-refractivity contribution in [3.05, 3.63) is 29.8 Å². The van der Waals surface area contributed by atoms with Gasteiger partial charge in [-0.2, -0.15) is 13.2 Å². The monoisotopic (exact) mass is 372 g/mol. The number of benzene rings is 1. The molecule has 1 aliphatic rings. The Balaban J connectivity index is 1.84. The summed E-state index contributed by atoms with van der Waals surface area (Å²) in [6.07, 6.45) is -3.37. The molecule has 5 nitrogen and oxygen atoms in total. The van der Waals surface area contributed by atoms with Gasteiger partial charge in [0.2, 0.25) is 0 Å². The fourth-order valence-corrected chi connectivity index (χ4v) is 3.26. The standard InChI is InChI=1S/C18H27F3N4O/c1-22-17(24(2)12-15-6-4-5-7-16(15)26-3)23-10-14-8-9-25(11-14)13-18(19,20)21/h4-7,14H,8-13H2,1-3H3,(H,22,23). The van der Waals surface area contributed by atoms with Gasteiger partial charge in [0.1, 0.15) is 5.75 Å². The fourth-order valence-electron chi connectivity index (χ4n) is 3.26. The number of methoxy groups -OCH3 is 1. The van der Waals surface area contributed by atoms with Crippen LogP contribution in [0.3, 0.4) is 0 Å². The highest BCUT2D eigenvalue weighted by Crippen LogP contribution is 2.22. The Morgan fingerprint density at radius 2 is 2.12 bits per heavy atom. The number of ether oxygens (including phenoxy) is 1. The minimum absolute atomic E-state index is 0.189. The SMILES string of the molecule is CN=C(NCC1CCN(CC(F)(F)F)C1)N(C)Cc1ccccc1OC. The maximum absolute atomic E-state index is 12.5. The molecular weight excluding hydrogens is 345 g/mol. The first kappa shape index (κ1) is 20.4. The third kappa shape index (κ3) is 6.09. The Kier molecular flexibility index (Phi) is 7.14. The molecule has 0 radical (unpaired) electrons. The quantitative estimate of drug-likeness (QED) is 0.616. The molecule has 26 heavy (non-hydrogen) atoms. The van der Waals surface area contributed by atoms with Crippen LogP contribution < -0.4 is 10.1 Å². The molecule has 1 heterocycles. The van der Waals surface area contributed by atoms with Crippen molar-refractivity contribution in [3.63, 3.8) is 0 Å². The summed E-state index contributed by atoms with van der Waals surface area (Å²) in [6.45, 7) is 1.35. The lowest BCUT2D eigenvalue weighted by Gasteiger charge is -2.24. The van der Waals surface area contributed by atoms with Crippen LogP contribution in [-0.4, -0.2) is 69.3 Å². The van der Waals surface area contributed by atoms with E-state index in [1.165, 1.54) is 4.90 Å². The molecule has 0 aliphatic carbocycles. The van der Waals surface area contributed by atoms with Gasteiger partial charge >= 0.3 is 6.18 Å². The smallest absolute Gasteiger partial charge is 0.401 e. The minimum atomic E-state index is -4.13. The van der Waals surface area contributed by atoms with Crippen molar-refractivity contribution in [3.8, 4) is 5.75 Å². The van der Waals surface area contributed by atoms with E-state index in [9.17, 15) is 13.2 Å². The second-order valence-corrected chi connectivity index (χ2v) is 6.60. The van der Waals surface area contributed by atoms with E-state index in [0.29, 0.717) is 32.1 Å². The topological polar surface area (TPSA) is 40.1 Å². The summed E-state index contributed by atoms with van der Waals surface area (Å²) in [5, 5.41) is 3.28. The molecule has 1 aromatic carbocycles. The average molecular weight is 372 g/mol. The zero-order chi connectivity index (χ0) is 19.2. The van der Waals surface area contributed by atoms with Gasteiger partial charge in [0.05, 0.1) is 13.7 Å². The van der Waals surface area contributed by atoms with E-state index in [1.807, 2.05) is 36.2 Å². The lowest BCUT2D eigenvalue weighted by molar-refractivity contribution is -0.143. The number of guanidine groups is 1. The Morgan fingerprint density at radius 3 is 2.77 bits per heavy atom. The number of para-hydroxylation sites is 1. The van der Waals surface area contributed by atoms with Gasteiger partial charge in [-0.25, -0.2) is 0 Å². The van der Waals surface area contributed by atoms with Gasteiger partial charge < -0.3 is 15.0 Å². The van der Waals surface area contributed by atoms with Crippen molar-refractivity contribution in [2.45, 2.75) is 19.1 Å². The predicted molar refractivity (Wildman–Crippen MR) is 96.4 cm³/mol. The van der Waals surface area contributed by atoms with Crippen molar-refractivity contribution in [2.24, 2.45) is 10.9 Å². The van der Waals surface area contributed by atoms with Crippen molar-refractivity contribution in [1.82, 2.24) is 15.1 Å². The normalized spacial score (nSPS) is 18.8. The maximum atomic E-state index is 12.5. The molecule has 0 aromatic heterocycles. The van der Waals surface area contributed by atoms with Crippen molar-refractivity contribution in [1.29, 1.82) is 0 Å². The van der Waals surface area contributed by atoms with E-state index in [4.69, 9.17) is 4.74 Å². The number of hydrogen-bond acceptors (Lipinski definition) is 3. The third-order valence-electron chi connectivity index (χ3n) is 4.50. The van der Waals surface area contributed by atoms with Crippen LogP contribution in [0.2, 0.25) is 0 Å². The highest BCUT2D eigenvalue weighted by molar-refractivity contribution is 5.79. The van der Waals surface area contributed by atoms with Crippen molar-refractivity contribution < 1.29 is 17.9 Å². The highest BCUT2D eigenvalue weighted by Gasteiger charge is 2.34. The van der Waals surface area contributed by atoms with Crippen molar-refractivity contribution in [2.75, 3.05) is 47.4 Å². The Morgan fingerprint density at radius 1 is 1.38 bits per heavy atom. The number of rotatable bonds is 6. The van der Waals surface area contributed by atoms with Crippen LogP contribution in [0.5, 0.6) is 5.75 Å². The summed E-state index contributed by atoms with van der Waals surface area (Å²) in [5.41, 5.74) is 1.04. The molecule has 2 rings (SSSR count). The Hall–Kier alpha value is -1.96. The molecule has 146 valence electrons. The lowest BCUT2D eigenvalue weighted by Crippen LogP contribution is -2.41. The molecule has 8 heteroatoms. The predicted octanol–water partition coefficient (Wildman–Crippen LogP) is 2.59. The van der Waals surface area contributed by atoms with Crippen LogP contribution in [0, 0.1) is 5.92 Å². The van der Waals surface area contributed by atoms with Gasteiger partial charge in [0, 0.05) is 39.3 Å². The Bertz CT molecular complexity index is 606. The highest BCUT2D eigenvalue weighted by atomic mass is 19.4. The summed E-state index contributed by atoms with van der Waals surface area (Å²) in [6, 6.07) is 7.78. The molecule has 1 aliphatic heterocycles. The van der Waals surface area contributed by atoms with Crippen LogP contribution in [0.1, 0.15) is 12.0 Å². The van der Waals surface area contributed by atoms with Gasteiger partial charge in [-0.3, -0.25) is 9.89 Å². The average Bonchev–Trinajstić information content (AvgIpc) is 3.01. The van der Waals surface area contributed by atoms with E-state index in [-0.39, 0.29) is 5.92 Å². The molecular formula is C18H27F3N4O. The first-order valence-electron chi connectivity index (χ1n) is 8.65. The second-order valence-electron chi connectivity index (χ2n) is 6.60. The number of nitrogens with zero attached hydrogens (tertiary/aromatic N) is 3. The van der Waals surface area contributed by atoms with Crippen LogP contribution in [0.4, 0.5) is 13.2 Å². The Labute approximate surface area is 152 Å². The molecule has 1 aromatic rings. The number of aliphatic imine (C=N–C) groups is 1. The van der Waals surface area contributed by atoms with Gasteiger partial charge in [0.25, 0.3) is 0 Å². The molecule has 0 amide bonds. The molecule has 0 saturated carbocycles. The largest absolute Gasteiger partial charge is 0.496 e. The number of hydrogen-bond donors (Lipinski definition) is 1. The van der Waals surface area contributed by atoms with Gasteiger partial charge in [-0.1, -0.05) is 18.2 Å². The molecule has 0 bridgehead atoms. The first-order valence-corrected chi connectivity index (χ1v) is 8.65. The first-order chi connectivity index (χ1) is 12.3. The van der Waals surface area contributed by atoms with Gasteiger partial charge in [0.15, 0.2) is 5.96 Å². The number of halogens is 3. The zero-order valence-corrected chi connectivity index (χ0v) is 15.5. The maximum Gasteiger partial charge on any atom is 0.401 e. The van der Waals surface area contributed by atoms with Crippen molar-refractivity contribution >= 4 is 5.96 Å². The van der Waals surface area contributed by atoms with E-state index in [2.05, 4.69) is 10.3 Å². The number of nitrogens with one attached hydrogen (secondary N) is 1. The molecule has 1 N–H and O–H groups in total. The fraction of sp³-hybridized carbons (Fsp3) is 0.611. The number of alkyl halides is 3. The minimum Gasteiger partial charge on any atom is -0.496 e. The molecule has 1 saturated heterocycles. The summed E-state index contributed by atoms with van der Waals surface area (Å²) in [4.78, 5) is 7.71. The molecule has 1 atom stereocenters. The van der Waals surface area contributed by atoms with Crippen LogP contribution in [-0.2, 0) is 6.54 Å². The van der Waals surface area contributed by atoms with Gasteiger partial charge in [-0.05, 0) is 24.9 Å². The summed E-state index contributed by atoms with van der Waals surface area (Å²) in [5.74, 6) is 1.72. The van der Waals surface area contributed by atoms with E-state index in [0.717, 1.165) is 17.7 Å². The van der Waals surface area contributed by atoms with E-state index in [1.54, 1.807) is 14.2 Å². The molecule has 1 fully saturated rings. The zero-order valence-electron chi connectivity index (χ0n) is 15.5. The van der Waals surface area contributed by atoms with Crippen LogP contribution in [0.15, 0.2) is 29.3 Å². The van der Waals surface area contributed by atoms with Gasteiger partial charge in [-0.15, -0.1) is 0 Å². The number of likely N-dealkylation sites (tertiary alicyclic amines) is 1. The molecule has 0 spiro atoms. The summed E-state index contributed by atoms with van der Waals surface area (Å²) in [7, 11) is 5.26. The van der Waals surface area contributed by atoms with Crippen LogP contribution >= 0.6 is 0 Å². The van der Waals surface area contributed by atoms with E-state index >= 15 is 0 Å². The summed E-state index contributed by atoms with van der Waals surface area (Å²) < 4.78 is 42.8. The van der Waals surface area contributed by atoms with Crippen LogP contribution in [0.25, 0.3) is 0 Å².